The Morgan fingerprint density at radius 2 is 1.74 bits per heavy atom. The molecule has 0 saturated carbocycles. The van der Waals surface area contributed by atoms with Gasteiger partial charge in [0.15, 0.2) is 0 Å². The zero-order valence-corrected chi connectivity index (χ0v) is 14.2. The largest absolute Gasteiger partial charge is 0.366 e. The molecule has 27 heavy (non-hydrogen) atoms. The molecule has 2 N–H and O–H groups in total. The molecule has 132 valence electrons. The van der Waals surface area contributed by atoms with Crippen LogP contribution in [-0.2, 0) is 6.54 Å². The van der Waals surface area contributed by atoms with E-state index in [9.17, 15) is 9.59 Å². The molecule has 3 heterocycles. The van der Waals surface area contributed by atoms with E-state index in [4.69, 9.17) is 5.73 Å². The Morgan fingerprint density at radius 1 is 1.00 bits per heavy atom. The van der Waals surface area contributed by atoms with E-state index in [0.717, 1.165) is 11.1 Å². The maximum atomic E-state index is 12.8. The second-order valence-electron chi connectivity index (χ2n) is 6.01. The summed E-state index contributed by atoms with van der Waals surface area (Å²) in [5.74, 6) is -0.500. The van der Waals surface area contributed by atoms with Gasteiger partial charge in [0.2, 0.25) is 5.91 Å². The topological polar surface area (TPSA) is 104 Å². The molecule has 0 fully saturated rings. The fourth-order valence-corrected chi connectivity index (χ4v) is 2.87. The number of carbonyl (C=O) groups excluding carboxylic acids is 1. The van der Waals surface area contributed by atoms with E-state index in [-0.39, 0.29) is 5.56 Å². The van der Waals surface area contributed by atoms with Crippen molar-refractivity contribution in [2.45, 2.75) is 6.54 Å². The third-order valence-electron chi connectivity index (χ3n) is 4.24. The fourth-order valence-electron chi connectivity index (χ4n) is 2.87. The Bertz CT molecular complexity index is 1180. The number of pyridine rings is 2. The minimum Gasteiger partial charge on any atom is -0.366 e. The second kappa shape index (κ2) is 6.80. The van der Waals surface area contributed by atoms with Gasteiger partial charge in [0, 0.05) is 29.7 Å². The van der Waals surface area contributed by atoms with Crippen molar-refractivity contribution in [1.29, 1.82) is 0 Å². The molecule has 0 unspecified atom stereocenters. The minimum absolute atomic E-state index is 0.215. The third-order valence-corrected chi connectivity index (χ3v) is 4.24. The monoisotopic (exact) mass is 357 g/mol. The van der Waals surface area contributed by atoms with Crippen molar-refractivity contribution >= 4 is 16.8 Å². The quantitative estimate of drug-likeness (QED) is 0.602. The van der Waals surface area contributed by atoms with Crippen LogP contribution in [0.2, 0.25) is 0 Å². The lowest BCUT2D eigenvalue weighted by atomic mass is 10.1. The highest BCUT2D eigenvalue weighted by molar-refractivity contribution is 5.94. The molecule has 4 aromatic rings. The van der Waals surface area contributed by atoms with E-state index in [0.29, 0.717) is 28.7 Å². The van der Waals surface area contributed by atoms with Crippen molar-refractivity contribution in [2.24, 2.45) is 5.73 Å². The van der Waals surface area contributed by atoms with Crippen LogP contribution in [0.15, 0.2) is 71.9 Å². The summed E-state index contributed by atoms with van der Waals surface area (Å²) in [4.78, 5) is 32.5. The summed E-state index contributed by atoms with van der Waals surface area (Å²) in [6, 6.07) is 13.9. The van der Waals surface area contributed by atoms with E-state index in [1.165, 1.54) is 4.68 Å². The minimum atomic E-state index is -0.500. The van der Waals surface area contributed by atoms with Crippen LogP contribution in [0.1, 0.15) is 15.9 Å². The van der Waals surface area contributed by atoms with E-state index in [1.807, 2.05) is 12.1 Å². The summed E-state index contributed by atoms with van der Waals surface area (Å²) < 4.78 is 1.41. The first kappa shape index (κ1) is 16.6. The van der Waals surface area contributed by atoms with Crippen molar-refractivity contribution in [2.75, 3.05) is 0 Å². The molecular formula is C20H15N5O2. The first-order valence-electron chi connectivity index (χ1n) is 8.28. The van der Waals surface area contributed by atoms with E-state index in [2.05, 4.69) is 15.1 Å². The van der Waals surface area contributed by atoms with E-state index < -0.39 is 5.91 Å². The van der Waals surface area contributed by atoms with Gasteiger partial charge in [0.25, 0.3) is 5.56 Å². The van der Waals surface area contributed by atoms with Gasteiger partial charge in [-0.2, -0.15) is 5.10 Å². The lowest BCUT2D eigenvalue weighted by Crippen LogP contribution is -2.24. The van der Waals surface area contributed by atoms with Gasteiger partial charge in [-0.05, 0) is 42.0 Å². The molecule has 0 radical (unpaired) electrons. The maximum absolute atomic E-state index is 12.8. The molecule has 0 aliphatic heterocycles. The Labute approximate surface area is 154 Å². The van der Waals surface area contributed by atoms with Gasteiger partial charge in [-0.1, -0.05) is 12.1 Å². The Morgan fingerprint density at radius 3 is 2.44 bits per heavy atom. The summed E-state index contributed by atoms with van der Waals surface area (Å²) in [5, 5.41) is 5.03. The highest BCUT2D eigenvalue weighted by Gasteiger charge is 2.14. The van der Waals surface area contributed by atoms with Crippen LogP contribution in [0.3, 0.4) is 0 Å². The smallest absolute Gasteiger partial charge is 0.276 e. The van der Waals surface area contributed by atoms with Crippen LogP contribution in [0.4, 0.5) is 0 Å². The number of aromatic nitrogens is 4. The van der Waals surface area contributed by atoms with Gasteiger partial charge in [-0.3, -0.25) is 19.6 Å². The first-order valence-corrected chi connectivity index (χ1v) is 8.28. The van der Waals surface area contributed by atoms with Gasteiger partial charge in [0.1, 0.15) is 11.2 Å². The van der Waals surface area contributed by atoms with Crippen molar-refractivity contribution in [3.63, 3.8) is 0 Å². The lowest BCUT2D eigenvalue weighted by molar-refractivity contribution is 0.100. The SMILES string of the molecule is NC(=O)c1ccc(-c2nn(Cc3ccncc3)c(=O)c3cccnc23)cc1. The molecule has 3 aromatic heterocycles. The standard InChI is InChI=1S/C20H15N5O2/c21-19(26)15-5-3-14(4-6-15)17-18-16(2-1-9-23-18)20(27)25(24-17)12-13-7-10-22-11-8-13/h1-11H,12H2,(H2,21,26). The van der Waals surface area contributed by atoms with Gasteiger partial charge in [-0.25, -0.2) is 4.68 Å². The third kappa shape index (κ3) is 3.18. The predicted molar refractivity (Wildman–Crippen MR) is 101 cm³/mol. The second-order valence-corrected chi connectivity index (χ2v) is 6.01. The Balaban J connectivity index is 1.90. The highest BCUT2D eigenvalue weighted by Crippen LogP contribution is 2.23. The summed E-state index contributed by atoms with van der Waals surface area (Å²) >= 11 is 0. The number of fused-ring (bicyclic) bond motifs is 1. The molecule has 0 atom stereocenters. The van der Waals surface area contributed by atoms with Crippen LogP contribution in [0, 0.1) is 0 Å². The number of benzene rings is 1. The van der Waals surface area contributed by atoms with Crippen molar-refractivity contribution in [3.8, 4) is 11.3 Å². The van der Waals surface area contributed by atoms with Crippen molar-refractivity contribution in [1.82, 2.24) is 19.7 Å². The average Bonchev–Trinajstić information content (AvgIpc) is 2.71. The molecule has 0 spiro atoms. The maximum Gasteiger partial charge on any atom is 0.276 e. The normalized spacial score (nSPS) is 10.8. The van der Waals surface area contributed by atoms with Crippen LogP contribution in [0.25, 0.3) is 22.2 Å². The molecule has 7 nitrogen and oxygen atoms in total. The molecule has 4 rings (SSSR count). The average molecular weight is 357 g/mol. The molecule has 0 aliphatic rings. The van der Waals surface area contributed by atoms with Gasteiger partial charge >= 0.3 is 0 Å². The first-order chi connectivity index (χ1) is 13.1. The number of primary amides is 1. The fraction of sp³-hybridized carbons (Fsp3) is 0.0500. The molecule has 7 heteroatoms. The van der Waals surface area contributed by atoms with E-state index in [1.54, 1.807) is 55.0 Å². The number of hydrogen-bond acceptors (Lipinski definition) is 5. The number of rotatable bonds is 4. The molecule has 1 aromatic carbocycles. The van der Waals surface area contributed by atoms with E-state index >= 15 is 0 Å². The lowest BCUT2D eigenvalue weighted by Gasteiger charge is -2.11. The molecule has 1 amide bonds. The Hall–Kier alpha value is -3.87. The van der Waals surface area contributed by atoms with Gasteiger partial charge in [-0.15, -0.1) is 0 Å². The summed E-state index contributed by atoms with van der Waals surface area (Å²) in [7, 11) is 0. The van der Waals surface area contributed by atoms with Gasteiger partial charge < -0.3 is 5.73 Å². The summed E-state index contributed by atoms with van der Waals surface area (Å²) in [5.41, 5.74) is 8.23. The molecular weight excluding hydrogens is 342 g/mol. The number of amides is 1. The number of carbonyl (C=O) groups is 1. The predicted octanol–water partition coefficient (Wildman–Crippen LogP) is 2.00. The highest BCUT2D eigenvalue weighted by atomic mass is 16.1. The molecule has 0 aliphatic carbocycles. The number of nitrogens with two attached hydrogens (primary N) is 1. The van der Waals surface area contributed by atoms with Crippen molar-refractivity contribution < 1.29 is 4.79 Å². The summed E-state index contributed by atoms with van der Waals surface area (Å²) in [6.45, 7) is 0.318. The van der Waals surface area contributed by atoms with Crippen LogP contribution in [-0.4, -0.2) is 25.7 Å². The Kier molecular flexibility index (Phi) is 4.18. The zero-order chi connectivity index (χ0) is 18.8. The summed E-state index contributed by atoms with van der Waals surface area (Å²) in [6.07, 6.45) is 4.97. The van der Waals surface area contributed by atoms with Crippen LogP contribution < -0.4 is 11.3 Å². The van der Waals surface area contributed by atoms with Crippen LogP contribution >= 0.6 is 0 Å². The van der Waals surface area contributed by atoms with Crippen molar-refractivity contribution in [3.05, 3.63) is 88.6 Å². The zero-order valence-electron chi connectivity index (χ0n) is 14.2. The van der Waals surface area contributed by atoms with Crippen LogP contribution in [0.5, 0.6) is 0 Å². The number of hydrogen-bond donors (Lipinski definition) is 1. The molecule has 0 bridgehead atoms. The van der Waals surface area contributed by atoms with Gasteiger partial charge in [0.05, 0.1) is 11.9 Å². The number of nitrogens with zero attached hydrogens (tertiary/aromatic N) is 4. The molecule has 0 saturated heterocycles.